The van der Waals surface area contributed by atoms with Crippen molar-refractivity contribution in [2.24, 2.45) is 19.1 Å². The lowest BCUT2D eigenvalue weighted by atomic mass is 10.1. The number of aryl methyl sites for hydroxylation is 2. The highest BCUT2D eigenvalue weighted by Gasteiger charge is 2.32. The topological polar surface area (TPSA) is 198 Å². The number of likely N-dealkylation sites (tertiary alicyclic amines) is 2. The Morgan fingerprint density at radius 3 is 1.79 bits per heavy atom. The van der Waals surface area contributed by atoms with E-state index in [0.717, 1.165) is 11.1 Å². The maximum absolute atomic E-state index is 15.6. The van der Waals surface area contributed by atoms with Crippen LogP contribution in [0.4, 0.5) is 26.0 Å². The van der Waals surface area contributed by atoms with Gasteiger partial charge in [-0.15, -0.1) is 0 Å². The minimum atomic E-state index is -0.603. The second-order valence-corrected chi connectivity index (χ2v) is 17.3. The molecule has 2 atom stereocenters. The van der Waals surface area contributed by atoms with Crippen LogP contribution in [-0.2, 0) is 30.2 Å². The van der Waals surface area contributed by atoms with Gasteiger partial charge >= 0.3 is 0 Å². The smallest absolute Gasteiger partial charge is 0.222 e. The van der Waals surface area contributed by atoms with Crippen molar-refractivity contribution in [1.82, 2.24) is 58.8 Å². The van der Waals surface area contributed by atoms with Crippen molar-refractivity contribution in [3.8, 4) is 45.5 Å². The largest absolute Gasteiger partial charge is 0.497 e. The second kappa shape index (κ2) is 24.0. The molecule has 6 aromatic heterocycles. The van der Waals surface area contributed by atoms with Crippen LogP contribution in [-0.4, -0.2) is 132 Å². The van der Waals surface area contributed by atoms with Crippen LogP contribution < -0.4 is 29.3 Å². The summed E-state index contributed by atoms with van der Waals surface area (Å²) in [6.45, 7) is 0.746. The van der Waals surface area contributed by atoms with E-state index < -0.39 is 11.6 Å². The molecule has 2 aromatic carbocycles. The molecule has 2 aliphatic heterocycles. The fraction of sp³-hybridized carbons (Fsp3) is 0.333. The lowest BCUT2D eigenvalue weighted by Gasteiger charge is -2.30. The SMILES string of the molecule is C.COc1cc(N=c2ccc3ncc(-c4cnn(C)c4)nc3n2CC2CCC(=O)N2C)c(F)c(OC)c1.COc1cc(OC)c(F)c(N(CC2CCC(=O)N2C)c2ccc3ncc(-c4cnn(C)c4)nc3n2)c1.S.S. The highest BCUT2D eigenvalue weighted by molar-refractivity contribution is 7.59. The number of benzene rings is 2. The molecule has 0 spiro atoms. The van der Waals surface area contributed by atoms with Gasteiger partial charge in [-0.25, -0.2) is 28.7 Å². The monoisotopic (exact) mass is 1070 g/mol. The average Bonchev–Trinajstić information content (AvgIpc) is 4.19. The van der Waals surface area contributed by atoms with Gasteiger partial charge in [-0.05, 0) is 37.1 Å². The van der Waals surface area contributed by atoms with Gasteiger partial charge in [-0.1, -0.05) is 7.43 Å². The Balaban J connectivity index is 0.000000234. The van der Waals surface area contributed by atoms with Gasteiger partial charge in [0.1, 0.15) is 39.5 Å². The van der Waals surface area contributed by atoms with E-state index in [4.69, 9.17) is 28.9 Å². The Bertz CT molecular complexity index is 3430. The van der Waals surface area contributed by atoms with Crippen molar-refractivity contribution in [3.63, 3.8) is 0 Å². The molecule has 0 aliphatic carbocycles. The number of aromatic nitrogens is 10. The van der Waals surface area contributed by atoms with E-state index >= 15 is 8.78 Å². The van der Waals surface area contributed by atoms with E-state index in [9.17, 15) is 9.59 Å². The number of pyridine rings is 2. The van der Waals surface area contributed by atoms with Crippen LogP contribution in [0.2, 0.25) is 0 Å². The third-order valence-corrected chi connectivity index (χ3v) is 12.8. The van der Waals surface area contributed by atoms with Gasteiger partial charge in [0.2, 0.25) is 11.8 Å². The van der Waals surface area contributed by atoms with E-state index in [1.54, 1.807) is 93.3 Å². The fourth-order valence-corrected chi connectivity index (χ4v) is 8.70. The molecule has 20 nitrogen and oxygen atoms in total. The van der Waals surface area contributed by atoms with Crippen molar-refractivity contribution in [3.05, 3.63) is 103 Å². The van der Waals surface area contributed by atoms with Gasteiger partial charge in [0, 0.05) is 114 Å². The number of methoxy groups -OCH3 is 4. The number of amides is 2. The lowest BCUT2D eigenvalue weighted by molar-refractivity contribution is -0.128. The molecule has 8 heterocycles. The number of rotatable bonds is 13. The van der Waals surface area contributed by atoms with Crippen LogP contribution in [0.15, 0.2) is 90.7 Å². The number of carbonyl (C=O) groups excluding carboxylic acids is 2. The summed E-state index contributed by atoms with van der Waals surface area (Å²) in [6, 6.07) is 13.0. The third kappa shape index (κ3) is 11.8. The number of carbonyl (C=O) groups is 2. The van der Waals surface area contributed by atoms with Gasteiger partial charge in [-0.3, -0.25) is 28.9 Å². The van der Waals surface area contributed by atoms with Crippen LogP contribution >= 0.6 is 27.0 Å². The molecule has 2 unspecified atom stereocenters. The van der Waals surface area contributed by atoms with Crippen molar-refractivity contribution >= 4 is 78.3 Å². The molecule has 0 saturated carbocycles. The Morgan fingerprint density at radius 2 is 1.23 bits per heavy atom. The summed E-state index contributed by atoms with van der Waals surface area (Å²) in [5.41, 5.74) is 5.87. The first-order chi connectivity index (χ1) is 34.7. The van der Waals surface area contributed by atoms with Gasteiger partial charge < -0.3 is 38.2 Å². The van der Waals surface area contributed by atoms with Gasteiger partial charge in [0.05, 0.1) is 70.3 Å². The third-order valence-electron chi connectivity index (χ3n) is 12.8. The Labute approximate surface area is 445 Å². The minimum absolute atomic E-state index is 0. The number of hydrogen-bond donors (Lipinski definition) is 0. The Hall–Kier alpha value is -7.86. The average molecular weight is 1070 g/mol. The predicted molar refractivity (Wildman–Crippen MR) is 290 cm³/mol. The first kappa shape index (κ1) is 56.4. The first-order valence-electron chi connectivity index (χ1n) is 22.9. The summed E-state index contributed by atoms with van der Waals surface area (Å²) in [5, 5.41) is 8.42. The molecule has 2 saturated heterocycles. The lowest BCUT2D eigenvalue weighted by Crippen LogP contribution is -2.38. The second-order valence-electron chi connectivity index (χ2n) is 17.3. The molecule has 75 heavy (non-hydrogen) atoms. The number of nitrogens with zero attached hydrogens (tertiary/aromatic N) is 14. The first-order valence-corrected chi connectivity index (χ1v) is 22.9. The molecule has 8 aromatic rings. The summed E-state index contributed by atoms with van der Waals surface area (Å²) in [6.07, 6.45) is 12.8. The van der Waals surface area contributed by atoms with E-state index in [0.29, 0.717) is 95.3 Å². The molecule has 0 N–H and O–H groups in total. The maximum Gasteiger partial charge on any atom is 0.222 e. The molecule has 0 bridgehead atoms. The molecular weight excluding hydrogens is 1010 g/mol. The number of likely N-dealkylation sites (N-methyl/N-ethyl adjacent to an activating group) is 2. The number of hydrogen-bond acceptors (Lipinski definition) is 15. The van der Waals surface area contributed by atoms with Crippen LogP contribution in [0.5, 0.6) is 23.0 Å². The number of anilines is 2. The standard InChI is InChI=1S/2C25H26FN7O3.CH4.2H2S/c1-31-13-15(11-28-31)19-12-27-18-6-7-22(30-25(18)29-19)33(14-16-5-8-23(34)32(16)2)20-9-17(35-3)10-21(36-4)24(20)26;1-31-13-15(11-28-31)20-12-27-18-6-7-22(29-19-9-17(35-3)10-21(36-4)24(19)26)33(25(18)30-20)14-16-5-8-23(34)32(16)2;;;/h2*6-7,9-13,16H,5,8,14H2,1-4H3;1H4;2*1H2. The quantitative estimate of drug-likeness (QED) is 0.114. The van der Waals surface area contributed by atoms with Crippen molar-refractivity contribution in [2.75, 3.05) is 54.0 Å². The zero-order chi connectivity index (χ0) is 50.8. The Kier molecular flexibility index (Phi) is 18.1. The highest BCUT2D eigenvalue weighted by Crippen LogP contribution is 2.38. The maximum atomic E-state index is 15.6. The van der Waals surface area contributed by atoms with E-state index in [2.05, 4.69) is 30.1 Å². The van der Waals surface area contributed by atoms with Crippen LogP contribution in [0.1, 0.15) is 33.1 Å². The van der Waals surface area contributed by atoms with Gasteiger partial charge in [-0.2, -0.15) is 37.2 Å². The van der Waals surface area contributed by atoms with Gasteiger partial charge in [0.15, 0.2) is 34.4 Å². The summed E-state index contributed by atoms with van der Waals surface area (Å²) < 4.78 is 57.2. The predicted octanol–water partition coefficient (Wildman–Crippen LogP) is 7.04. The minimum Gasteiger partial charge on any atom is -0.497 e. The van der Waals surface area contributed by atoms with E-state index in [1.165, 1.54) is 46.6 Å². The summed E-state index contributed by atoms with van der Waals surface area (Å²) >= 11 is 0. The number of halogens is 2. The zero-order valence-corrected chi connectivity index (χ0v) is 43.9. The fourth-order valence-electron chi connectivity index (χ4n) is 8.70. The van der Waals surface area contributed by atoms with Gasteiger partial charge in [0.25, 0.3) is 0 Å². The number of fused-ring (bicyclic) bond motifs is 2. The Morgan fingerprint density at radius 1 is 0.667 bits per heavy atom. The van der Waals surface area contributed by atoms with Crippen molar-refractivity contribution in [2.45, 2.75) is 51.7 Å². The molecule has 2 aliphatic rings. The molecule has 2 amide bonds. The molecule has 0 radical (unpaired) electrons. The van der Waals surface area contributed by atoms with Crippen molar-refractivity contribution < 1.29 is 37.3 Å². The summed E-state index contributed by atoms with van der Waals surface area (Å²) in [7, 11) is 13.0. The molecule has 24 heteroatoms. The van der Waals surface area contributed by atoms with Crippen LogP contribution in [0, 0.1) is 11.6 Å². The summed E-state index contributed by atoms with van der Waals surface area (Å²) in [5.74, 6) is 0.373. The van der Waals surface area contributed by atoms with E-state index in [-0.39, 0.29) is 81.2 Å². The number of ether oxygens (including phenoxy) is 4. The molecule has 10 rings (SSSR count). The normalized spacial score (nSPS) is 15.3. The van der Waals surface area contributed by atoms with Crippen molar-refractivity contribution in [1.29, 1.82) is 0 Å². The zero-order valence-electron chi connectivity index (χ0n) is 41.9. The molecule has 2 fully saturated rings. The van der Waals surface area contributed by atoms with Crippen LogP contribution in [0.25, 0.3) is 44.8 Å². The summed E-state index contributed by atoms with van der Waals surface area (Å²) in [4.78, 5) is 57.6. The molecular formula is C51H60F2N14O6S2. The van der Waals surface area contributed by atoms with E-state index in [1.807, 2.05) is 31.1 Å². The highest BCUT2D eigenvalue weighted by atomic mass is 32.1. The molecule has 396 valence electrons. The van der Waals surface area contributed by atoms with Crippen LogP contribution in [0.3, 0.4) is 0 Å².